The van der Waals surface area contributed by atoms with Gasteiger partial charge in [-0.05, 0) is 6.42 Å². The van der Waals surface area contributed by atoms with Gasteiger partial charge in [-0.15, -0.1) is 0 Å². The van der Waals surface area contributed by atoms with Gasteiger partial charge in [0.2, 0.25) is 0 Å². The largest absolute Gasteiger partial charge is 0.399 e. The van der Waals surface area contributed by atoms with Crippen LogP contribution in [0.2, 0.25) is 0 Å². The summed E-state index contributed by atoms with van der Waals surface area (Å²) in [6, 6.07) is 0. The third kappa shape index (κ3) is 5.03. The first-order valence-electron chi connectivity index (χ1n) is 1.86. The third-order valence-corrected chi connectivity index (χ3v) is 0.373. The lowest BCUT2D eigenvalue weighted by molar-refractivity contribution is 0.215. The summed E-state index contributed by atoms with van der Waals surface area (Å²) in [5.74, 6) is 2.12. The molecule has 0 aliphatic rings. The van der Waals surface area contributed by atoms with Crippen LogP contribution >= 0.6 is 0 Å². The van der Waals surface area contributed by atoms with Gasteiger partial charge in [0.15, 0.2) is 0 Å². The van der Waals surface area contributed by atoms with Gasteiger partial charge in [-0.2, -0.15) is 0 Å². The first kappa shape index (κ1) is 6.03. The van der Waals surface area contributed by atoms with Gasteiger partial charge in [0, 0.05) is 6.42 Å². The zero-order valence-corrected chi connectivity index (χ0v) is 4.14. The monoisotopic (exact) mass is 96.0 g/mol. The number of hydrogen-bond donors (Lipinski definition) is 0. The first-order valence-corrected chi connectivity index (χ1v) is 1.86. The minimum atomic E-state index is 0.424. The maximum atomic E-state index is 6.38. The molecule has 0 fully saturated rings. The molecule has 0 N–H and O–H groups in total. The summed E-state index contributed by atoms with van der Waals surface area (Å²) in [6.07, 6.45) is 8.27. The van der Waals surface area contributed by atoms with Crippen LogP contribution in [0.3, 0.4) is 0 Å². The van der Waals surface area contributed by atoms with E-state index in [0.717, 1.165) is 0 Å². The fourth-order valence-corrected chi connectivity index (χ4v) is 0.157. The molecule has 0 saturated heterocycles. The molecule has 0 saturated carbocycles. The van der Waals surface area contributed by atoms with E-state index >= 15 is 0 Å². The van der Waals surface area contributed by atoms with Gasteiger partial charge in [-0.25, -0.2) is 0 Å². The van der Waals surface area contributed by atoms with E-state index in [1.807, 2.05) is 0 Å². The van der Waals surface area contributed by atoms with Crippen LogP contribution in [0.4, 0.5) is 0 Å². The van der Waals surface area contributed by atoms with Crippen LogP contribution in [0, 0.1) is 12.3 Å². The minimum absolute atomic E-state index is 0.424. The van der Waals surface area contributed by atoms with Crippen LogP contribution in [-0.2, 0) is 4.84 Å². The fraction of sp³-hybridized carbons (Fsp3) is 0.400. The molecule has 7 heavy (non-hydrogen) atoms. The molecule has 0 rings (SSSR count). The first-order chi connectivity index (χ1) is 3.41. The molecular weight excluding hydrogens is 90.1 g/mol. The highest BCUT2D eigenvalue weighted by Crippen LogP contribution is 1.67. The lowest BCUT2D eigenvalue weighted by Crippen LogP contribution is -1.70. The average molecular weight is 96.1 g/mol. The van der Waals surface area contributed by atoms with Crippen molar-refractivity contribution in [2.45, 2.75) is 6.42 Å². The molecule has 37 valence electrons. The fourth-order valence-electron chi connectivity index (χ4n) is 0.157. The second-order valence-corrected chi connectivity index (χ2v) is 0.851. The molecule has 0 bridgehead atoms. The SMILES string of the molecule is [C]#CCC=NOC. The van der Waals surface area contributed by atoms with Gasteiger partial charge in [0.05, 0.1) is 6.21 Å². The predicted octanol–water partition coefficient (Wildman–Crippen LogP) is 0.598. The van der Waals surface area contributed by atoms with Gasteiger partial charge < -0.3 is 4.84 Å². The zero-order valence-electron chi connectivity index (χ0n) is 4.14. The molecule has 2 nitrogen and oxygen atoms in total. The number of hydrogen-bond acceptors (Lipinski definition) is 2. The molecule has 0 aliphatic carbocycles. The van der Waals surface area contributed by atoms with Crippen LogP contribution in [0.15, 0.2) is 5.16 Å². The van der Waals surface area contributed by atoms with E-state index in [-0.39, 0.29) is 0 Å². The Morgan fingerprint density at radius 3 is 3.14 bits per heavy atom. The van der Waals surface area contributed by atoms with Crippen molar-refractivity contribution in [1.82, 2.24) is 0 Å². The lowest BCUT2D eigenvalue weighted by atomic mass is 10.5. The van der Waals surface area contributed by atoms with Gasteiger partial charge in [-0.3, -0.25) is 0 Å². The van der Waals surface area contributed by atoms with Gasteiger partial charge in [-0.1, -0.05) is 11.1 Å². The summed E-state index contributed by atoms with van der Waals surface area (Å²) in [7, 11) is 1.46. The molecule has 0 aromatic rings. The van der Waals surface area contributed by atoms with E-state index in [4.69, 9.17) is 6.42 Å². The molecule has 0 aromatic heterocycles. The quantitative estimate of drug-likeness (QED) is 0.280. The Morgan fingerprint density at radius 1 is 2.00 bits per heavy atom. The van der Waals surface area contributed by atoms with E-state index in [1.54, 1.807) is 0 Å². The van der Waals surface area contributed by atoms with Crippen molar-refractivity contribution in [3.63, 3.8) is 0 Å². The van der Waals surface area contributed by atoms with Gasteiger partial charge in [0.25, 0.3) is 0 Å². The van der Waals surface area contributed by atoms with Crippen molar-refractivity contribution in [3.05, 3.63) is 6.42 Å². The number of rotatable bonds is 2. The van der Waals surface area contributed by atoms with Crippen molar-refractivity contribution in [3.8, 4) is 5.92 Å². The summed E-state index contributed by atoms with van der Waals surface area (Å²) in [4.78, 5) is 4.29. The van der Waals surface area contributed by atoms with Crippen LogP contribution < -0.4 is 0 Å². The molecule has 0 atom stereocenters. The maximum Gasteiger partial charge on any atom is 0.106 e. The summed E-state index contributed by atoms with van der Waals surface area (Å²) >= 11 is 0. The Morgan fingerprint density at radius 2 is 2.71 bits per heavy atom. The Labute approximate surface area is 43.2 Å². The topological polar surface area (TPSA) is 21.6 Å². The highest BCUT2D eigenvalue weighted by Gasteiger charge is 1.64. The lowest BCUT2D eigenvalue weighted by Gasteiger charge is -1.78. The summed E-state index contributed by atoms with van der Waals surface area (Å²) in [5.41, 5.74) is 0. The van der Waals surface area contributed by atoms with Crippen LogP contribution in [0.5, 0.6) is 0 Å². The molecule has 2 heteroatoms. The van der Waals surface area contributed by atoms with Crippen LogP contribution in [0.25, 0.3) is 0 Å². The van der Waals surface area contributed by atoms with Crippen molar-refractivity contribution in [2.75, 3.05) is 7.11 Å². The Bertz CT molecular complexity index is 90.7. The Balaban J connectivity index is 2.97. The standard InChI is InChI=1S/C5H6NO/c1-3-4-5-6-7-2/h5H,4H2,2H3. The molecule has 0 spiro atoms. The number of nitrogens with zero attached hydrogens (tertiary/aromatic N) is 1. The molecule has 0 amide bonds. The predicted molar refractivity (Wildman–Crippen MR) is 27.2 cm³/mol. The van der Waals surface area contributed by atoms with Crippen LogP contribution in [-0.4, -0.2) is 13.3 Å². The maximum absolute atomic E-state index is 6.38. The smallest absolute Gasteiger partial charge is 0.106 e. The zero-order chi connectivity index (χ0) is 5.54. The number of oxime groups is 1. The second-order valence-electron chi connectivity index (χ2n) is 0.851. The molecule has 0 unspecified atom stereocenters. The van der Waals surface area contributed by atoms with E-state index in [2.05, 4.69) is 15.9 Å². The molecule has 0 aromatic carbocycles. The summed E-state index contributed by atoms with van der Waals surface area (Å²) in [5, 5.41) is 3.35. The Hall–Kier alpha value is -0.970. The van der Waals surface area contributed by atoms with Crippen LogP contribution in [0.1, 0.15) is 6.42 Å². The molecule has 0 heterocycles. The van der Waals surface area contributed by atoms with Crippen molar-refractivity contribution < 1.29 is 4.84 Å². The van der Waals surface area contributed by atoms with Gasteiger partial charge in [0.1, 0.15) is 7.11 Å². The highest BCUT2D eigenvalue weighted by atomic mass is 16.6. The highest BCUT2D eigenvalue weighted by molar-refractivity contribution is 5.59. The average Bonchev–Trinajstić information content (AvgIpc) is 1.69. The Kier molecular flexibility index (Phi) is 4.33. The van der Waals surface area contributed by atoms with E-state index in [1.165, 1.54) is 13.3 Å². The third-order valence-electron chi connectivity index (χ3n) is 0.373. The van der Waals surface area contributed by atoms with Crippen molar-refractivity contribution >= 4 is 6.21 Å². The van der Waals surface area contributed by atoms with Crippen molar-refractivity contribution in [1.29, 1.82) is 0 Å². The van der Waals surface area contributed by atoms with E-state index in [0.29, 0.717) is 6.42 Å². The van der Waals surface area contributed by atoms with Crippen molar-refractivity contribution in [2.24, 2.45) is 5.16 Å². The second kappa shape index (κ2) is 5.03. The van der Waals surface area contributed by atoms with E-state index in [9.17, 15) is 0 Å². The van der Waals surface area contributed by atoms with E-state index < -0.39 is 0 Å². The molecule has 0 aliphatic heterocycles. The molecular formula is C5H6NO. The molecule has 1 radical (unpaired) electrons. The normalized spacial score (nSPS) is 8.57. The summed E-state index contributed by atoms with van der Waals surface area (Å²) < 4.78 is 0. The minimum Gasteiger partial charge on any atom is -0.399 e. The van der Waals surface area contributed by atoms with Gasteiger partial charge >= 0.3 is 0 Å². The summed E-state index contributed by atoms with van der Waals surface area (Å²) in [6.45, 7) is 0.